The number of hydrogen-bond donors (Lipinski definition) is 2. The summed E-state index contributed by atoms with van der Waals surface area (Å²) in [6, 6.07) is 4.22. The minimum absolute atomic E-state index is 0.847. The first kappa shape index (κ1) is 11.6. The summed E-state index contributed by atoms with van der Waals surface area (Å²) in [5.74, 6) is 0.847. The summed E-state index contributed by atoms with van der Waals surface area (Å²) in [7, 11) is 0. The van der Waals surface area contributed by atoms with Crippen LogP contribution in [0.3, 0.4) is 0 Å². The van der Waals surface area contributed by atoms with Crippen molar-refractivity contribution in [2.45, 2.75) is 26.3 Å². The first-order chi connectivity index (χ1) is 7.84. The minimum atomic E-state index is 0.847. The normalized spacial score (nSPS) is 17.6. The largest absolute Gasteiger partial charge is 0.317 e. The molecule has 1 aliphatic rings. The SMILES string of the molecule is Cc1ccc(CNCC2CCNCC2)cn1. The molecule has 1 aliphatic heterocycles. The van der Waals surface area contributed by atoms with Crippen LogP contribution < -0.4 is 10.6 Å². The Morgan fingerprint density at radius 1 is 1.38 bits per heavy atom. The summed E-state index contributed by atoms with van der Waals surface area (Å²) in [5.41, 5.74) is 2.36. The lowest BCUT2D eigenvalue weighted by atomic mass is 9.98. The van der Waals surface area contributed by atoms with Crippen LogP contribution in [-0.4, -0.2) is 24.6 Å². The minimum Gasteiger partial charge on any atom is -0.317 e. The second kappa shape index (κ2) is 5.97. The zero-order valence-electron chi connectivity index (χ0n) is 10.00. The van der Waals surface area contributed by atoms with Crippen LogP contribution in [-0.2, 0) is 6.54 Å². The summed E-state index contributed by atoms with van der Waals surface area (Å²) < 4.78 is 0. The average molecular weight is 219 g/mol. The lowest BCUT2D eigenvalue weighted by Crippen LogP contribution is -2.33. The molecule has 1 aromatic heterocycles. The molecule has 88 valence electrons. The number of nitrogens with one attached hydrogen (secondary N) is 2. The highest BCUT2D eigenvalue weighted by Crippen LogP contribution is 2.10. The molecule has 0 bridgehead atoms. The third-order valence-corrected chi connectivity index (χ3v) is 3.19. The molecular weight excluding hydrogens is 198 g/mol. The molecule has 0 amide bonds. The van der Waals surface area contributed by atoms with Gasteiger partial charge in [0.1, 0.15) is 0 Å². The van der Waals surface area contributed by atoms with E-state index in [9.17, 15) is 0 Å². The molecule has 3 heteroatoms. The summed E-state index contributed by atoms with van der Waals surface area (Å²) >= 11 is 0. The fourth-order valence-corrected chi connectivity index (χ4v) is 2.11. The van der Waals surface area contributed by atoms with E-state index in [1.165, 1.54) is 31.5 Å². The third kappa shape index (κ3) is 3.58. The van der Waals surface area contributed by atoms with Gasteiger partial charge in [-0.15, -0.1) is 0 Å². The summed E-state index contributed by atoms with van der Waals surface area (Å²) in [6.45, 7) is 6.45. The van der Waals surface area contributed by atoms with Crippen molar-refractivity contribution in [2.24, 2.45) is 5.92 Å². The van der Waals surface area contributed by atoms with E-state index < -0.39 is 0 Å². The van der Waals surface area contributed by atoms with Gasteiger partial charge in [0.2, 0.25) is 0 Å². The molecule has 3 nitrogen and oxygen atoms in total. The van der Waals surface area contributed by atoms with Crippen LogP contribution in [0.2, 0.25) is 0 Å². The maximum absolute atomic E-state index is 4.29. The Balaban J connectivity index is 1.69. The second-order valence-electron chi connectivity index (χ2n) is 4.63. The Morgan fingerprint density at radius 2 is 2.19 bits per heavy atom. The van der Waals surface area contributed by atoms with E-state index in [1.807, 2.05) is 13.1 Å². The van der Waals surface area contributed by atoms with Crippen LogP contribution in [0.25, 0.3) is 0 Å². The quantitative estimate of drug-likeness (QED) is 0.805. The van der Waals surface area contributed by atoms with Crippen molar-refractivity contribution in [3.63, 3.8) is 0 Å². The van der Waals surface area contributed by atoms with Crippen molar-refractivity contribution in [3.05, 3.63) is 29.6 Å². The predicted octanol–water partition coefficient (Wildman–Crippen LogP) is 1.48. The smallest absolute Gasteiger partial charge is 0.0372 e. The van der Waals surface area contributed by atoms with Gasteiger partial charge in [-0.05, 0) is 56.9 Å². The van der Waals surface area contributed by atoms with Gasteiger partial charge in [-0.2, -0.15) is 0 Å². The molecule has 0 aliphatic carbocycles. The molecule has 2 heterocycles. The molecule has 1 saturated heterocycles. The van der Waals surface area contributed by atoms with E-state index in [-0.39, 0.29) is 0 Å². The standard InChI is InChI=1S/C13H21N3/c1-11-2-3-13(10-16-11)9-15-8-12-4-6-14-7-5-12/h2-3,10,12,14-15H,4-9H2,1H3. The Kier molecular flexibility index (Phi) is 4.31. The fourth-order valence-electron chi connectivity index (χ4n) is 2.11. The number of rotatable bonds is 4. The highest BCUT2D eigenvalue weighted by atomic mass is 14.9. The van der Waals surface area contributed by atoms with Crippen molar-refractivity contribution in [1.29, 1.82) is 0 Å². The molecule has 1 fully saturated rings. The van der Waals surface area contributed by atoms with Gasteiger partial charge in [0.05, 0.1) is 0 Å². The number of nitrogens with zero attached hydrogens (tertiary/aromatic N) is 1. The number of aromatic nitrogens is 1. The van der Waals surface area contributed by atoms with E-state index >= 15 is 0 Å². The van der Waals surface area contributed by atoms with Crippen LogP contribution in [0.4, 0.5) is 0 Å². The molecule has 0 radical (unpaired) electrons. The van der Waals surface area contributed by atoms with Crippen LogP contribution in [0.5, 0.6) is 0 Å². The van der Waals surface area contributed by atoms with Crippen molar-refractivity contribution < 1.29 is 0 Å². The van der Waals surface area contributed by atoms with Gasteiger partial charge in [-0.1, -0.05) is 6.07 Å². The van der Waals surface area contributed by atoms with Crippen LogP contribution in [0.1, 0.15) is 24.1 Å². The number of pyridine rings is 1. The third-order valence-electron chi connectivity index (χ3n) is 3.19. The molecule has 0 aromatic carbocycles. The van der Waals surface area contributed by atoms with Gasteiger partial charge >= 0.3 is 0 Å². The molecule has 2 rings (SSSR count). The molecule has 0 atom stereocenters. The monoisotopic (exact) mass is 219 g/mol. The summed E-state index contributed by atoms with van der Waals surface area (Å²) in [4.78, 5) is 4.29. The van der Waals surface area contributed by atoms with Crippen LogP contribution in [0.15, 0.2) is 18.3 Å². The van der Waals surface area contributed by atoms with Crippen molar-refractivity contribution >= 4 is 0 Å². The van der Waals surface area contributed by atoms with Crippen LogP contribution in [0, 0.1) is 12.8 Å². The van der Waals surface area contributed by atoms with Crippen molar-refractivity contribution in [1.82, 2.24) is 15.6 Å². The zero-order chi connectivity index (χ0) is 11.2. The maximum Gasteiger partial charge on any atom is 0.0372 e. The Morgan fingerprint density at radius 3 is 2.88 bits per heavy atom. The van der Waals surface area contributed by atoms with Gasteiger partial charge in [0, 0.05) is 18.4 Å². The highest BCUT2D eigenvalue weighted by Gasteiger charge is 2.11. The Labute approximate surface area is 97.7 Å². The molecule has 0 spiro atoms. The van der Waals surface area contributed by atoms with E-state index in [2.05, 4.69) is 27.8 Å². The molecule has 1 aromatic rings. The first-order valence-corrected chi connectivity index (χ1v) is 6.17. The molecular formula is C13H21N3. The average Bonchev–Trinajstić information content (AvgIpc) is 2.33. The lowest BCUT2D eigenvalue weighted by molar-refractivity contribution is 0.356. The summed E-state index contributed by atoms with van der Waals surface area (Å²) in [5, 5.41) is 6.91. The van der Waals surface area contributed by atoms with Crippen molar-refractivity contribution in [2.75, 3.05) is 19.6 Å². The van der Waals surface area contributed by atoms with Gasteiger partial charge in [-0.25, -0.2) is 0 Å². The molecule has 0 saturated carbocycles. The molecule has 2 N–H and O–H groups in total. The van der Waals surface area contributed by atoms with Crippen molar-refractivity contribution in [3.8, 4) is 0 Å². The highest BCUT2D eigenvalue weighted by molar-refractivity contribution is 5.12. The summed E-state index contributed by atoms with van der Waals surface area (Å²) in [6.07, 6.45) is 4.57. The second-order valence-corrected chi connectivity index (χ2v) is 4.63. The number of piperidine rings is 1. The number of hydrogen-bond acceptors (Lipinski definition) is 3. The fraction of sp³-hybridized carbons (Fsp3) is 0.615. The Bertz CT molecular complexity index is 301. The first-order valence-electron chi connectivity index (χ1n) is 6.17. The zero-order valence-corrected chi connectivity index (χ0v) is 10.00. The van der Waals surface area contributed by atoms with Gasteiger partial charge in [0.25, 0.3) is 0 Å². The molecule has 16 heavy (non-hydrogen) atoms. The molecule has 0 unspecified atom stereocenters. The maximum atomic E-state index is 4.29. The van der Waals surface area contributed by atoms with Crippen LogP contribution >= 0.6 is 0 Å². The van der Waals surface area contributed by atoms with E-state index in [1.54, 1.807) is 0 Å². The van der Waals surface area contributed by atoms with E-state index in [0.29, 0.717) is 0 Å². The number of aryl methyl sites for hydroxylation is 1. The lowest BCUT2D eigenvalue weighted by Gasteiger charge is -2.22. The van der Waals surface area contributed by atoms with E-state index in [0.717, 1.165) is 24.7 Å². The Hall–Kier alpha value is -0.930. The van der Waals surface area contributed by atoms with Gasteiger partial charge in [0.15, 0.2) is 0 Å². The van der Waals surface area contributed by atoms with Gasteiger partial charge in [-0.3, -0.25) is 4.98 Å². The predicted molar refractivity (Wildman–Crippen MR) is 66.3 cm³/mol. The van der Waals surface area contributed by atoms with E-state index in [4.69, 9.17) is 0 Å². The van der Waals surface area contributed by atoms with Gasteiger partial charge < -0.3 is 10.6 Å². The topological polar surface area (TPSA) is 37.0 Å².